The van der Waals surface area contributed by atoms with E-state index in [1.54, 1.807) is 0 Å². The second kappa shape index (κ2) is 8.91. The molecule has 1 amide bonds. The van der Waals surface area contributed by atoms with Gasteiger partial charge in [0.1, 0.15) is 0 Å². The Kier molecular flexibility index (Phi) is 7.48. The van der Waals surface area contributed by atoms with E-state index in [2.05, 4.69) is 10.6 Å². The third-order valence-electron chi connectivity index (χ3n) is 3.60. The van der Waals surface area contributed by atoms with Gasteiger partial charge in [-0.2, -0.15) is 0 Å². The lowest BCUT2D eigenvalue weighted by atomic mass is 9.94. The van der Waals surface area contributed by atoms with Crippen LogP contribution in [0.15, 0.2) is 0 Å². The number of aliphatic carboxylic acids is 1. The largest absolute Gasteiger partial charge is 0.481 e. The maximum Gasteiger partial charge on any atom is 0.305 e. The number of amides is 1. The van der Waals surface area contributed by atoms with E-state index in [0.29, 0.717) is 12.3 Å². The SMILES string of the molecule is CCCC(CC(=O)O)NC(=O)CCC1CCCNC1. The molecule has 0 aromatic heterocycles. The second-order valence-corrected chi connectivity index (χ2v) is 5.40. The molecule has 1 heterocycles. The van der Waals surface area contributed by atoms with Gasteiger partial charge in [0.25, 0.3) is 0 Å². The summed E-state index contributed by atoms with van der Waals surface area (Å²) in [6.45, 7) is 4.08. The zero-order chi connectivity index (χ0) is 14.1. The Balaban J connectivity index is 2.24. The predicted octanol–water partition coefficient (Wildman–Crippen LogP) is 1.53. The molecule has 1 fully saturated rings. The van der Waals surface area contributed by atoms with Crippen LogP contribution in [0.25, 0.3) is 0 Å². The average Bonchev–Trinajstić information content (AvgIpc) is 2.37. The monoisotopic (exact) mass is 270 g/mol. The lowest BCUT2D eigenvalue weighted by molar-refractivity contribution is -0.137. The van der Waals surface area contributed by atoms with Crippen molar-refractivity contribution in [3.05, 3.63) is 0 Å². The molecule has 0 saturated carbocycles. The van der Waals surface area contributed by atoms with Crippen molar-refractivity contribution in [2.24, 2.45) is 5.92 Å². The minimum Gasteiger partial charge on any atom is -0.481 e. The minimum atomic E-state index is -0.852. The maximum absolute atomic E-state index is 11.8. The first kappa shape index (κ1) is 16.0. The fraction of sp³-hybridized carbons (Fsp3) is 0.857. The van der Waals surface area contributed by atoms with Gasteiger partial charge in [-0.15, -0.1) is 0 Å². The Morgan fingerprint density at radius 2 is 2.26 bits per heavy atom. The second-order valence-electron chi connectivity index (χ2n) is 5.40. The van der Waals surface area contributed by atoms with Crippen LogP contribution in [0.5, 0.6) is 0 Å². The highest BCUT2D eigenvalue weighted by atomic mass is 16.4. The zero-order valence-corrected chi connectivity index (χ0v) is 11.8. The van der Waals surface area contributed by atoms with Crippen molar-refractivity contribution in [1.29, 1.82) is 0 Å². The molecule has 2 unspecified atom stereocenters. The van der Waals surface area contributed by atoms with E-state index in [9.17, 15) is 9.59 Å². The van der Waals surface area contributed by atoms with Crippen LogP contribution >= 0.6 is 0 Å². The van der Waals surface area contributed by atoms with Crippen molar-refractivity contribution >= 4 is 11.9 Å². The Morgan fingerprint density at radius 3 is 2.84 bits per heavy atom. The van der Waals surface area contributed by atoms with E-state index < -0.39 is 5.97 Å². The highest BCUT2D eigenvalue weighted by molar-refractivity contribution is 5.77. The summed E-state index contributed by atoms with van der Waals surface area (Å²) in [6.07, 6.45) is 5.40. The molecule has 1 rings (SSSR count). The summed E-state index contributed by atoms with van der Waals surface area (Å²) in [5.41, 5.74) is 0. The fourth-order valence-electron chi connectivity index (χ4n) is 2.59. The van der Waals surface area contributed by atoms with Crippen LogP contribution in [-0.4, -0.2) is 36.1 Å². The number of carboxylic acid groups (broad SMARTS) is 1. The van der Waals surface area contributed by atoms with Crippen molar-refractivity contribution in [2.75, 3.05) is 13.1 Å². The van der Waals surface area contributed by atoms with Gasteiger partial charge < -0.3 is 15.7 Å². The third kappa shape index (κ3) is 7.15. The van der Waals surface area contributed by atoms with Crippen LogP contribution in [-0.2, 0) is 9.59 Å². The number of hydrogen-bond acceptors (Lipinski definition) is 3. The molecule has 3 N–H and O–H groups in total. The van der Waals surface area contributed by atoms with Gasteiger partial charge in [0.15, 0.2) is 0 Å². The van der Waals surface area contributed by atoms with Crippen LogP contribution in [0.2, 0.25) is 0 Å². The van der Waals surface area contributed by atoms with E-state index in [0.717, 1.165) is 32.4 Å². The lowest BCUT2D eigenvalue weighted by Gasteiger charge is -2.23. The van der Waals surface area contributed by atoms with Gasteiger partial charge in [0, 0.05) is 12.5 Å². The van der Waals surface area contributed by atoms with Crippen LogP contribution in [0, 0.1) is 5.92 Å². The highest BCUT2D eigenvalue weighted by Gasteiger charge is 2.17. The number of carboxylic acids is 1. The summed E-state index contributed by atoms with van der Waals surface area (Å²) in [5.74, 6) is -0.274. The van der Waals surface area contributed by atoms with E-state index in [-0.39, 0.29) is 18.4 Å². The first-order valence-electron chi connectivity index (χ1n) is 7.33. The molecule has 0 aromatic rings. The van der Waals surface area contributed by atoms with Gasteiger partial charge in [-0.05, 0) is 44.7 Å². The fourth-order valence-corrected chi connectivity index (χ4v) is 2.59. The van der Waals surface area contributed by atoms with Crippen LogP contribution in [0.1, 0.15) is 51.9 Å². The van der Waals surface area contributed by atoms with Crippen molar-refractivity contribution in [3.63, 3.8) is 0 Å². The summed E-state index contributed by atoms with van der Waals surface area (Å²) in [6, 6.07) is -0.223. The molecule has 0 bridgehead atoms. The van der Waals surface area contributed by atoms with Crippen LogP contribution < -0.4 is 10.6 Å². The number of carbonyl (C=O) groups is 2. The smallest absolute Gasteiger partial charge is 0.305 e. The number of hydrogen-bond donors (Lipinski definition) is 3. The van der Waals surface area contributed by atoms with Gasteiger partial charge in [-0.25, -0.2) is 0 Å². The van der Waals surface area contributed by atoms with Crippen LogP contribution in [0.3, 0.4) is 0 Å². The number of carbonyl (C=O) groups excluding carboxylic acids is 1. The van der Waals surface area contributed by atoms with Gasteiger partial charge in [0.2, 0.25) is 5.91 Å². The molecular weight excluding hydrogens is 244 g/mol. The molecule has 1 aliphatic rings. The summed E-state index contributed by atoms with van der Waals surface area (Å²) >= 11 is 0. The summed E-state index contributed by atoms with van der Waals surface area (Å²) in [5, 5.41) is 15.0. The molecule has 2 atom stereocenters. The summed E-state index contributed by atoms with van der Waals surface area (Å²) in [7, 11) is 0. The Bertz CT molecular complexity index is 288. The van der Waals surface area contributed by atoms with Crippen molar-refractivity contribution in [1.82, 2.24) is 10.6 Å². The first-order chi connectivity index (χ1) is 9.11. The predicted molar refractivity (Wildman–Crippen MR) is 73.9 cm³/mol. The van der Waals surface area contributed by atoms with Gasteiger partial charge in [0.05, 0.1) is 6.42 Å². The van der Waals surface area contributed by atoms with Crippen molar-refractivity contribution in [3.8, 4) is 0 Å². The molecule has 0 aromatic carbocycles. The topological polar surface area (TPSA) is 78.4 Å². The number of piperidine rings is 1. The molecule has 19 heavy (non-hydrogen) atoms. The molecular formula is C14H26N2O3. The number of rotatable bonds is 8. The lowest BCUT2D eigenvalue weighted by Crippen LogP contribution is -2.37. The van der Waals surface area contributed by atoms with E-state index in [1.807, 2.05) is 6.92 Å². The quantitative estimate of drug-likeness (QED) is 0.625. The highest BCUT2D eigenvalue weighted by Crippen LogP contribution is 2.15. The molecule has 5 nitrogen and oxygen atoms in total. The summed E-state index contributed by atoms with van der Waals surface area (Å²) < 4.78 is 0. The summed E-state index contributed by atoms with van der Waals surface area (Å²) in [4.78, 5) is 22.5. The molecule has 110 valence electrons. The Morgan fingerprint density at radius 1 is 1.47 bits per heavy atom. The average molecular weight is 270 g/mol. The molecule has 0 radical (unpaired) electrons. The van der Waals surface area contributed by atoms with Gasteiger partial charge >= 0.3 is 5.97 Å². The molecule has 5 heteroatoms. The Labute approximate surface area is 115 Å². The molecule has 1 saturated heterocycles. The normalized spacial score (nSPS) is 20.8. The first-order valence-corrected chi connectivity index (χ1v) is 7.33. The van der Waals surface area contributed by atoms with Gasteiger partial charge in [-0.1, -0.05) is 13.3 Å². The zero-order valence-electron chi connectivity index (χ0n) is 11.8. The Hall–Kier alpha value is -1.10. The maximum atomic E-state index is 11.8. The molecule has 1 aliphatic heterocycles. The molecule has 0 aliphatic carbocycles. The van der Waals surface area contributed by atoms with E-state index >= 15 is 0 Å². The van der Waals surface area contributed by atoms with E-state index in [4.69, 9.17) is 5.11 Å². The van der Waals surface area contributed by atoms with Gasteiger partial charge in [-0.3, -0.25) is 9.59 Å². The third-order valence-corrected chi connectivity index (χ3v) is 3.60. The van der Waals surface area contributed by atoms with E-state index in [1.165, 1.54) is 12.8 Å². The van der Waals surface area contributed by atoms with Crippen LogP contribution in [0.4, 0.5) is 0 Å². The standard InChI is InChI=1S/C14H26N2O3/c1-2-4-12(9-14(18)19)16-13(17)7-6-11-5-3-8-15-10-11/h11-12,15H,2-10H2,1H3,(H,16,17)(H,18,19). The van der Waals surface area contributed by atoms with Crippen molar-refractivity contribution < 1.29 is 14.7 Å². The number of nitrogens with one attached hydrogen (secondary N) is 2. The molecule has 0 spiro atoms. The van der Waals surface area contributed by atoms with Crippen molar-refractivity contribution in [2.45, 2.75) is 57.9 Å². The minimum absolute atomic E-state index is 0.00901.